The van der Waals surface area contributed by atoms with Gasteiger partial charge in [0.25, 0.3) is 5.91 Å². The van der Waals surface area contributed by atoms with Gasteiger partial charge < -0.3 is 4.74 Å². The van der Waals surface area contributed by atoms with Crippen molar-refractivity contribution in [3.8, 4) is 17.0 Å². The summed E-state index contributed by atoms with van der Waals surface area (Å²) in [7, 11) is 1.63. The average molecular weight is 405 g/mol. The molecular weight excluding hydrogens is 388 g/mol. The summed E-state index contributed by atoms with van der Waals surface area (Å²) >= 11 is 9.17. The number of amides is 1. The third-order valence-corrected chi connectivity index (χ3v) is 5.74. The lowest BCUT2D eigenvalue weighted by Crippen LogP contribution is -2.12. The van der Waals surface area contributed by atoms with Gasteiger partial charge in [0.15, 0.2) is 5.13 Å². The summed E-state index contributed by atoms with van der Waals surface area (Å²) in [5.41, 5.74) is 2.26. The fourth-order valence-corrected chi connectivity index (χ4v) is 3.91. The van der Waals surface area contributed by atoms with Gasteiger partial charge in [-0.3, -0.25) is 10.1 Å². The highest BCUT2D eigenvalue weighted by molar-refractivity contribution is 7.98. The number of ether oxygens (including phenoxy) is 1. The number of nitrogens with zero attached hydrogens (tertiary/aromatic N) is 1. The lowest BCUT2D eigenvalue weighted by molar-refractivity contribution is 0.102. The number of rotatable bonds is 5. The quantitative estimate of drug-likeness (QED) is 0.549. The SMILES string of the molecule is COc1ccc(-c2nc(NC(=O)c3cc(SC)ccc3Cl)sc2C)cc1. The van der Waals surface area contributed by atoms with Crippen LogP contribution in [0.25, 0.3) is 11.3 Å². The zero-order chi connectivity index (χ0) is 18.7. The maximum Gasteiger partial charge on any atom is 0.258 e. The van der Waals surface area contributed by atoms with Crippen LogP contribution < -0.4 is 10.1 Å². The Kier molecular flexibility index (Phi) is 5.86. The van der Waals surface area contributed by atoms with Crippen LogP contribution in [0.15, 0.2) is 47.4 Å². The van der Waals surface area contributed by atoms with Crippen molar-refractivity contribution >= 4 is 45.7 Å². The molecule has 1 amide bonds. The van der Waals surface area contributed by atoms with E-state index in [-0.39, 0.29) is 5.91 Å². The minimum Gasteiger partial charge on any atom is -0.497 e. The first-order valence-electron chi connectivity index (χ1n) is 7.78. The molecule has 3 rings (SSSR count). The van der Waals surface area contributed by atoms with Gasteiger partial charge in [0, 0.05) is 15.3 Å². The second kappa shape index (κ2) is 8.12. The minimum absolute atomic E-state index is 0.263. The topological polar surface area (TPSA) is 51.2 Å². The molecule has 2 aromatic carbocycles. The normalized spacial score (nSPS) is 10.6. The number of hydrogen-bond acceptors (Lipinski definition) is 5. The highest BCUT2D eigenvalue weighted by Crippen LogP contribution is 2.32. The number of nitrogens with one attached hydrogen (secondary N) is 1. The number of thiazole rings is 1. The van der Waals surface area contributed by atoms with Gasteiger partial charge in [0.2, 0.25) is 0 Å². The second-order valence-corrected chi connectivity index (χ2v) is 7.94. The summed E-state index contributed by atoms with van der Waals surface area (Å²) in [5, 5.41) is 3.82. The Balaban J connectivity index is 1.84. The van der Waals surface area contributed by atoms with Crippen LogP contribution in [0.1, 0.15) is 15.2 Å². The summed E-state index contributed by atoms with van der Waals surface area (Å²) in [6.07, 6.45) is 1.95. The molecule has 0 aliphatic rings. The summed E-state index contributed by atoms with van der Waals surface area (Å²) in [6, 6.07) is 13.1. The van der Waals surface area contributed by atoms with Crippen LogP contribution in [0.5, 0.6) is 5.75 Å². The van der Waals surface area contributed by atoms with E-state index in [0.717, 1.165) is 26.8 Å². The molecule has 0 aliphatic carbocycles. The fraction of sp³-hybridized carbons (Fsp3) is 0.158. The fourth-order valence-electron chi connectivity index (χ4n) is 2.44. The van der Waals surface area contributed by atoms with E-state index >= 15 is 0 Å². The van der Waals surface area contributed by atoms with Gasteiger partial charge in [0.05, 0.1) is 23.4 Å². The highest BCUT2D eigenvalue weighted by atomic mass is 35.5. The van der Waals surface area contributed by atoms with Crippen molar-refractivity contribution in [2.24, 2.45) is 0 Å². The van der Waals surface area contributed by atoms with Gasteiger partial charge in [-0.05, 0) is 55.6 Å². The van der Waals surface area contributed by atoms with Gasteiger partial charge in [0.1, 0.15) is 5.75 Å². The maximum atomic E-state index is 12.6. The molecule has 0 saturated heterocycles. The number of carbonyl (C=O) groups excluding carboxylic acids is 1. The van der Waals surface area contributed by atoms with Crippen molar-refractivity contribution in [3.05, 3.63) is 57.9 Å². The molecule has 0 atom stereocenters. The number of thioether (sulfide) groups is 1. The van der Waals surface area contributed by atoms with Crippen molar-refractivity contribution in [3.63, 3.8) is 0 Å². The second-order valence-electron chi connectivity index (χ2n) is 5.45. The number of aromatic nitrogens is 1. The molecule has 0 spiro atoms. The first kappa shape index (κ1) is 18.8. The molecule has 1 aromatic heterocycles. The molecule has 0 fully saturated rings. The van der Waals surface area contributed by atoms with Crippen LogP contribution in [0.4, 0.5) is 5.13 Å². The lowest BCUT2D eigenvalue weighted by atomic mass is 10.1. The standard InChI is InChI=1S/C19H17ClN2O2S2/c1-11-17(12-4-6-13(24-2)7-5-12)21-19(26-11)22-18(23)15-10-14(25-3)8-9-16(15)20/h4-10H,1-3H3,(H,21,22,23). The molecule has 1 N–H and O–H groups in total. The third-order valence-electron chi connectivity index (χ3n) is 3.80. The van der Waals surface area contributed by atoms with E-state index in [1.165, 1.54) is 11.3 Å². The molecule has 0 saturated carbocycles. The zero-order valence-electron chi connectivity index (χ0n) is 14.5. The molecule has 0 aliphatic heterocycles. The van der Waals surface area contributed by atoms with Crippen molar-refractivity contribution in [2.75, 3.05) is 18.7 Å². The molecular formula is C19H17ClN2O2S2. The van der Waals surface area contributed by atoms with Crippen molar-refractivity contribution in [1.82, 2.24) is 4.98 Å². The Hall–Kier alpha value is -2.02. The van der Waals surface area contributed by atoms with Crippen LogP contribution in [0, 0.1) is 6.92 Å². The number of carbonyl (C=O) groups is 1. The molecule has 0 radical (unpaired) electrons. The van der Waals surface area contributed by atoms with Crippen LogP contribution in [0.3, 0.4) is 0 Å². The zero-order valence-corrected chi connectivity index (χ0v) is 16.9. The molecule has 26 heavy (non-hydrogen) atoms. The van der Waals surface area contributed by atoms with Crippen LogP contribution in [0.2, 0.25) is 5.02 Å². The van der Waals surface area contributed by atoms with E-state index in [2.05, 4.69) is 10.3 Å². The molecule has 0 bridgehead atoms. The van der Waals surface area contributed by atoms with Gasteiger partial charge in [-0.2, -0.15) is 0 Å². The van der Waals surface area contributed by atoms with Crippen molar-refractivity contribution < 1.29 is 9.53 Å². The summed E-state index contributed by atoms with van der Waals surface area (Å²) in [6.45, 7) is 1.98. The molecule has 3 aromatic rings. The third kappa shape index (κ3) is 4.03. The Labute approximate surface area is 165 Å². The van der Waals surface area contributed by atoms with Gasteiger partial charge in [-0.25, -0.2) is 4.98 Å². The van der Waals surface area contributed by atoms with E-state index in [4.69, 9.17) is 16.3 Å². The van der Waals surface area contributed by atoms with Crippen molar-refractivity contribution in [1.29, 1.82) is 0 Å². The maximum absolute atomic E-state index is 12.6. The minimum atomic E-state index is -0.263. The highest BCUT2D eigenvalue weighted by Gasteiger charge is 2.16. The van der Waals surface area contributed by atoms with E-state index < -0.39 is 0 Å². The van der Waals surface area contributed by atoms with Crippen LogP contribution >= 0.6 is 34.7 Å². The van der Waals surface area contributed by atoms with E-state index in [1.54, 1.807) is 31.0 Å². The predicted octanol–water partition coefficient (Wildman–Crippen LogP) is 5.75. The Morgan fingerprint density at radius 2 is 1.96 bits per heavy atom. The number of anilines is 1. The largest absolute Gasteiger partial charge is 0.497 e. The first-order chi connectivity index (χ1) is 12.5. The number of hydrogen-bond donors (Lipinski definition) is 1. The molecule has 1 heterocycles. The van der Waals surface area contributed by atoms with Crippen LogP contribution in [-0.4, -0.2) is 24.3 Å². The first-order valence-corrected chi connectivity index (χ1v) is 10.2. The summed E-state index contributed by atoms with van der Waals surface area (Å²) in [5.74, 6) is 0.527. The molecule has 0 unspecified atom stereocenters. The van der Waals surface area contributed by atoms with Gasteiger partial charge in [-0.1, -0.05) is 11.6 Å². The van der Waals surface area contributed by atoms with Crippen molar-refractivity contribution in [2.45, 2.75) is 11.8 Å². The van der Waals surface area contributed by atoms with E-state index in [0.29, 0.717) is 15.7 Å². The number of methoxy groups -OCH3 is 1. The predicted molar refractivity (Wildman–Crippen MR) is 110 cm³/mol. The number of halogens is 1. The number of aryl methyl sites for hydroxylation is 1. The van der Waals surface area contributed by atoms with Gasteiger partial charge >= 0.3 is 0 Å². The van der Waals surface area contributed by atoms with Crippen LogP contribution in [-0.2, 0) is 0 Å². The molecule has 4 nitrogen and oxygen atoms in total. The number of benzene rings is 2. The Bertz CT molecular complexity index is 939. The Morgan fingerprint density at radius 3 is 2.62 bits per heavy atom. The lowest BCUT2D eigenvalue weighted by Gasteiger charge is -2.06. The summed E-state index contributed by atoms with van der Waals surface area (Å²) < 4.78 is 5.18. The average Bonchev–Trinajstić information content (AvgIpc) is 3.02. The van der Waals surface area contributed by atoms with E-state index in [9.17, 15) is 4.79 Å². The monoisotopic (exact) mass is 404 g/mol. The van der Waals surface area contributed by atoms with Gasteiger partial charge in [-0.15, -0.1) is 23.1 Å². The molecule has 7 heteroatoms. The van der Waals surface area contributed by atoms with E-state index in [1.807, 2.05) is 43.5 Å². The Morgan fingerprint density at radius 1 is 1.23 bits per heavy atom. The molecule has 134 valence electrons. The smallest absolute Gasteiger partial charge is 0.258 e. The summed E-state index contributed by atoms with van der Waals surface area (Å²) in [4.78, 5) is 19.2.